The van der Waals surface area contributed by atoms with E-state index in [2.05, 4.69) is 20.3 Å². The highest BCUT2D eigenvalue weighted by molar-refractivity contribution is 6.28. The van der Waals surface area contributed by atoms with Crippen molar-refractivity contribution in [3.05, 3.63) is 65.0 Å². The fourth-order valence-electron chi connectivity index (χ4n) is 2.66. The molecule has 0 fully saturated rings. The number of nitrogens with zero attached hydrogens (tertiary/aromatic N) is 4. The van der Waals surface area contributed by atoms with E-state index in [0.29, 0.717) is 24.5 Å². The average molecular weight is 412 g/mol. The van der Waals surface area contributed by atoms with Crippen molar-refractivity contribution in [1.82, 2.24) is 19.5 Å². The lowest BCUT2D eigenvalue weighted by molar-refractivity contribution is -0.137. The first kappa shape index (κ1) is 20.5. The van der Waals surface area contributed by atoms with Crippen LogP contribution in [0, 0.1) is 6.92 Å². The number of aryl methyl sites for hydroxylation is 2. The highest BCUT2D eigenvalue weighted by Gasteiger charge is 2.07. The number of rotatable bonds is 7. The third-order valence-electron chi connectivity index (χ3n) is 4.29. The van der Waals surface area contributed by atoms with E-state index in [1.165, 1.54) is 6.08 Å². The Labute approximate surface area is 174 Å². The molecule has 1 aromatic carbocycles. The summed E-state index contributed by atoms with van der Waals surface area (Å²) in [5.41, 5.74) is 3.71. The van der Waals surface area contributed by atoms with Crippen molar-refractivity contribution in [2.24, 2.45) is 7.05 Å². The molecule has 0 radical (unpaired) electrons. The molecule has 0 aliphatic heterocycles. The molecule has 0 saturated heterocycles. The molecular formula is C21H22ClN5O2. The lowest BCUT2D eigenvalue weighted by Crippen LogP contribution is -2.05. The molecule has 0 unspecified atom stereocenters. The largest absolute Gasteiger partial charge is 0.463 e. The van der Waals surface area contributed by atoms with Crippen LogP contribution in [0.3, 0.4) is 0 Å². The van der Waals surface area contributed by atoms with Crippen LogP contribution in [0.4, 0.5) is 5.82 Å². The van der Waals surface area contributed by atoms with Crippen LogP contribution in [-0.4, -0.2) is 32.1 Å². The van der Waals surface area contributed by atoms with E-state index in [1.807, 2.05) is 49.0 Å². The van der Waals surface area contributed by atoms with Crippen molar-refractivity contribution in [2.75, 3.05) is 11.9 Å². The Hall–Kier alpha value is -3.19. The van der Waals surface area contributed by atoms with E-state index in [-0.39, 0.29) is 5.28 Å². The molecule has 0 aliphatic carbocycles. The van der Waals surface area contributed by atoms with Gasteiger partial charge in [-0.05, 0) is 37.1 Å². The molecule has 3 aromatic rings. The molecule has 0 spiro atoms. The number of benzene rings is 1. The van der Waals surface area contributed by atoms with Crippen molar-refractivity contribution in [1.29, 1.82) is 0 Å². The Morgan fingerprint density at radius 2 is 2.03 bits per heavy atom. The summed E-state index contributed by atoms with van der Waals surface area (Å²) in [7, 11) is 1.98. The molecular weight excluding hydrogens is 390 g/mol. The number of ether oxygens (including phenoxy) is 1. The minimum atomic E-state index is -0.422. The van der Waals surface area contributed by atoms with Crippen LogP contribution in [0.5, 0.6) is 0 Å². The third kappa shape index (κ3) is 5.42. The van der Waals surface area contributed by atoms with Crippen LogP contribution >= 0.6 is 11.6 Å². The number of esters is 1. The Bertz CT molecular complexity index is 1010. The summed E-state index contributed by atoms with van der Waals surface area (Å²) in [6, 6.07) is 8.13. The minimum Gasteiger partial charge on any atom is -0.463 e. The summed E-state index contributed by atoms with van der Waals surface area (Å²) in [6.07, 6.45) is 6.50. The molecule has 0 saturated carbocycles. The van der Waals surface area contributed by atoms with Crippen molar-refractivity contribution in [3.8, 4) is 11.3 Å². The normalized spacial score (nSPS) is 11.0. The maximum absolute atomic E-state index is 11.5. The van der Waals surface area contributed by atoms with Gasteiger partial charge >= 0.3 is 5.97 Å². The predicted molar refractivity (Wildman–Crippen MR) is 113 cm³/mol. The van der Waals surface area contributed by atoms with Crippen LogP contribution in [0.2, 0.25) is 5.28 Å². The molecule has 8 heteroatoms. The predicted octanol–water partition coefficient (Wildman–Crippen LogP) is 4.03. The first-order valence-electron chi connectivity index (χ1n) is 9.16. The van der Waals surface area contributed by atoms with Crippen LogP contribution < -0.4 is 5.32 Å². The van der Waals surface area contributed by atoms with E-state index in [1.54, 1.807) is 19.2 Å². The zero-order valence-electron chi connectivity index (χ0n) is 16.5. The Kier molecular flexibility index (Phi) is 6.61. The maximum atomic E-state index is 11.5. The van der Waals surface area contributed by atoms with Crippen molar-refractivity contribution in [3.63, 3.8) is 0 Å². The van der Waals surface area contributed by atoms with Crippen LogP contribution in [0.1, 0.15) is 23.9 Å². The molecule has 0 amide bonds. The van der Waals surface area contributed by atoms with Gasteiger partial charge in [0, 0.05) is 43.2 Å². The van der Waals surface area contributed by atoms with Gasteiger partial charge in [-0.25, -0.2) is 19.7 Å². The summed E-state index contributed by atoms with van der Waals surface area (Å²) >= 11 is 5.93. The van der Waals surface area contributed by atoms with Crippen LogP contribution in [-0.2, 0) is 23.1 Å². The smallest absolute Gasteiger partial charge is 0.330 e. The Balaban J connectivity index is 1.70. The van der Waals surface area contributed by atoms with E-state index in [4.69, 9.17) is 16.3 Å². The Morgan fingerprint density at radius 1 is 1.28 bits per heavy atom. The van der Waals surface area contributed by atoms with Gasteiger partial charge in [0.2, 0.25) is 5.28 Å². The van der Waals surface area contributed by atoms with Crippen molar-refractivity contribution >= 4 is 29.5 Å². The van der Waals surface area contributed by atoms with Gasteiger partial charge in [0.15, 0.2) is 0 Å². The first-order chi connectivity index (χ1) is 14.0. The monoisotopic (exact) mass is 411 g/mol. The molecule has 29 heavy (non-hydrogen) atoms. The lowest BCUT2D eigenvalue weighted by atomic mass is 10.1. The van der Waals surface area contributed by atoms with Gasteiger partial charge in [0.05, 0.1) is 12.3 Å². The maximum Gasteiger partial charge on any atom is 0.330 e. The quantitative estimate of drug-likeness (QED) is 0.359. The molecule has 0 bridgehead atoms. The summed E-state index contributed by atoms with van der Waals surface area (Å²) in [5.74, 6) is 1.08. The van der Waals surface area contributed by atoms with Crippen molar-refractivity contribution in [2.45, 2.75) is 20.4 Å². The number of imidazole rings is 1. The second-order valence-corrected chi connectivity index (χ2v) is 6.70. The number of anilines is 1. The van der Waals surface area contributed by atoms with E-state index < -0.39 is 5.97 Å². The second kappa shape index (κ2) is 9.34. The number of aromatic nitrogens is 4. The summed E-state index contributed by atoms with van der Waals surface area (Å²) in [5, 5.41) is 3.37. The summed E-state index contributed by atoms with van der Waals surface area (Å²) in [4.78, 5) is 24.3. The number of nitrogens with one attached hydrogen (secondary N) is 1. The van der Waals surface area contributed by atoms with E-state index >= 15 is 0 Å². The van der Waals surface area contributed by atoms with Gasteiger partial charge in [-0.3, -0.25) is 0 Å². The molecule has 7 nitrogen and oxygen atoms in total. The lowest BCUT2D eigenvalue weighted by Gasteiger charge is -2.09. The van der Waals surface area contributed by atoms with Gasteiger partial charge in [-0.15, -0.1) is 0 Å². The van der Waals surface area contributed by atoms with Crippen LogP contribution in [0.25, 0.3) is 17.3 Å². The molecule has 2 aromatic heterocycles. The Morgan fingerprint density at radius 3 is 2.69 bits per heavy atom. The highest BCUT2D eigenvalue weighted by atomic mass is 35.5. The highest BCUT2D eigenvalue weighted by Crippen LogP contribution is 2.20. The van der Waals surface area contributed by atoms with Gasteiger partial charge in [0.1, 0.15) is 11.6 Å². The SMILES string of the molecule is CCOC(=O)/C=C/c1cnc(Cl)nc1NCc1ccc(-c2cn(C)c(C)n2)cc1. The minimum absolute atomic E-state index is 0.127. The topological polar surface area (TPSA) is 81.9 Å². The first-order valence-corrected chi connectivity index (χ1v) is 9.54. The molecule has 2 heterocycles. The number of halogens is 1. The average Bonchev–Trinajstić information content (AvgIpc) is 3.05. The zero-order valence-corrected chi connectivity index (χ0v) is 17.3. The van der Waals surface area contributed by atoms with E-state index in [9.17, 15) is 4.79 Å². The van der Waals surface area contributed by atoms with Gasteiger partial charge < -0.3 is 14.6 Å². The summed E-state index contributed by atoms with van der Waals surface area (Å²) in [6.45, 7) is 4.58. The number of carbonyl (C=O) groups is 1. The molecule has 150 valence electrons. The fourth-order valence-corrected chi connectivity index (χ4v) is 2.79. The fraction of sp³-hybridized carbons (Fsp3) is 0.238. The number of hydrogen-bond acceptors (Lipinski definition) is 6. The van der Waals surface area contributed by atoms with Gasteiger partial charge in [-0.1, -0.05) is 24.3 Å². The molecule has 0 atom stereocenters. The van der Waals surface area contributed by atoms with E-state index in [0.717, 1.165) is 22.6 Å². The molecule has 3 rings (SSSR count). The van der Waals surface area contributed by atoms with Gasteiger partial charge in [0.25, 0.3) is 0 Å². The zero-order chi connectivity index (χ0) is 20.8. The third-order valence-corrected chi connectivity index (χ3v) is 4.47. The second-order valence-electron chi connectivity index (χ2n) is 6.36. The summed E-state index contributed by atoms with van der Waals surface area (Å²) < 4.78 is 6.89. The number of carbonyl (C=O) groups excluding carboxylic acids is 1. The molecule has 0 aliphatic rings. The van der Waals surface area contributed by atoms with Crippen LogP contribution in [0.15, 0.2) is 42.7 Å². The number of hydrogen-bond donors (Lipinski definition) is 1. The molecule has 1 N–H and O–H groups in total. The van der Waals surface area contributed by atoms with Gasteiger partial charge in [-0.2, -0.15) is 0 Å². The standard InChI is InChI=1S/C21H22ClN5O2/c1-4-29-19(28)10-9-17-12-24-21(22)26-20(17)23-11-15-5-7-16(8-6-15)18-13-27(3)14(2)25-18/h5-10,12-13H,4,11H2,1-3H3,(H,23,24,26)/b10-9+. The van der Waals surface area contributed by atoms with Crippen molar-refractivity contribution < 1.29 is 9.53 Å².